The van der Waals surface area contributed by atoms with Gasteiger partial charge in [0.05, 0.1) is 6.07 Å². The van der Waals surface area contributed by atoms with E-state index in [-0.39, 0.29) is 5.54 Å². The minimum absolute atomic E-state index is 0.344. The predicted molar refractivity (Wildman–Crippen MR) is 83.1 cm³/mol. The topological polar surface area (TPSA) is 39.1 Å². The van der Waals surface area contributed by atoms with E-state index in [1.54, 1.807) is 0 Å². The van der Waals surface area contributed by atoms with Crippen LogP contribution in [-0.4, -0.2) is 36.1 Å². The molecule has 3 heteroatoms. The number of nitrogens with zero attached hydrogens (tertiary/aromatic N) is 2. The van der Waals surface area contributed by atoms with Gasteiger partial charge in [0.25, 0.3) is 0 Å². The van der Waals surface area contributed by atoms with Gasteiger partial charge >= 0.3 is 0 Å². The third kappa shape index (κ3) is 6.40. The molecule has 0 bridgehead atoms. The summed E-state index contributed by atoms with van der Waals surface area (Å²) in [6.07, 6.45) is 5.29. The highest BCUT2D eigenvalue weighted by molar-refractivity contribution is 5.06. The Balaban J connectivity index is 4.31. The van der Waals surface area contributed by atoms with Crippen LogP contribution < -0.4 is 5.32 Å². The molecule has 0 amide bonds. The van der Waals surface area contributed by atoms with E-state index in [4.69, 9.17) is 0 Å². The molecule has 3 nitrogen and oxygen atoms in total. The van der Waals surface area contributed by atoms with Gasteiger partial charge < -0.3 is 4.90 Å². The van der Waals surface area contributed by atoms with Gasteiger partial charge in [0.1, 0.15) is 5.54 Å². The fourth-order valence-electron chi connectivity index (χ4n) is 2.80. The predicted octanol–water partition coefficient (Wildman–Crippen LogP) is 3.56. The minimum atomic E-state index is -0.344. The van der Waals surface area contributed by atoms with Gasteiger partial charge in [-0.25, -0.2) is 0 Å². The second-order valence-corrected chi connectivity index (χ2v) is 5.90. The number of hydrogen-bond donors (Lipinski definition) is 1. The van der Waals surface area contributed by atoms with Crippen LogP contribution in [0.4, 0.5) is 0 Å². The first-order chi connectivity index (χ1) is 8.94. The van der Waals surface area contributed by atoms with E-state index in [1.807, 2.05) is 0 Å². The maximum absolute atomic E-state index is 9.47. The molecule has 112 valence electrons. The van der Waals surface area contributed by atoms with E-state index in [9.17, 15) is 5.26 Å². The maximum Gasteiger partial charge on any atom is 0.106 e. The molecule has 0 radical (unpaired) electrons. The van der Waals surface area contributed by atoms with Crippen LogP contribution >= 0.6 is 0 Å². The lowest BCUT2D eigenvalue weighted by molar-refractivity contribution is 0.215. The molecule has 0 saturated heterocycles. The van der Waals surface area contributed by atoms with Crippen LogP contribution in [0.3, 0.4) is 0 Å². The summed E-state index contributed by atoms with van der Waals surface area (Å²) in [5.74, 6) is 0. The third-order valence-electron chi connectivity index (χ3n) is 4.06. The lowest BCUT2D eigenvalue weighted by atomic mass is 9.91. The van der Waals surface area contributed by atoms with Crippen molar-refractivity contribution in [3.63, 3.8) is 0 Å². The van der Waals surface area contributed by atoms with E-state index in [2.05, 4.69) is 58.0 Å². The molecular formula is C16H33N3. The Morgan fingerprint density at radius 3 is 2.16 bits per heavy atom. The Hall–Kier alpha value is -0.590. The smallest absolute Gasteiger partial charge is 0.106 e. The average Bonchev–Trinajstić information content (AvgIpc) is 2.38. The summed E-state index contributed by atoms with van der Waals surface area (Å²) < 4.78 is 0. The first-order valence-corrected chi connectivity index (χ1v) is 7.83. The van der Waals surface area contributed by atoms with Crippen LogP contribution in [-0.2, 0) is 0 Å². The molecule has 0 aliphatic heterocycles. The van der Waals surface area contributed by atoms with Crippen molar-refractivity contribution in [2.24, 2.45) is 0 Å². The molecule has 0 spiro atoms. The first kappa shape index (κ1) is 18.4. The van der Waals surface area contributed by atoms with E-state index < -0.39 is 0 Å². The summed E-state index contributed by atoms with van der Waals surface area (Å²) in [7, 11) is 2.20. The molecular weight excluding hydrogens is 234 g/mol. The maximum atomic E-state index is 9.47. The Bertz CT molecular complexity index is 266. The molecule has 0 aliphatic carbocycles. The van der Waals surface area contributed by atoms with Crippen molar-refractivity contribution >= 4 is 0 Å². The number of nitrogens with one attached hydrogen (secondary N) is 1. The zero-order chi connectivity index (χ0) is 14.9. The number of nitriles is 1. The van der Waals surface area contributed by atoms with Gasteiger partial charge in [0.15, 0.2) is 0 Å². The molecule has 0 aromatic rings. The Morgan fingerprint density at radius 2 is 1.79 bits per heavy atom. The highest BCUT2D eigenvalue weighted by Gasteiger charge is 2.28. The normalized spacial score (nSPS) is 14.9. The highest BCUT2D eigenvalue weighted by Crippen LogP contribution is 2.18. The molecule has 1 unspecified atom stereocenters. The molecule has 1 atom stereocenters. The Kier molecular flexibility index (Phi) is 9.05. The second kappa shape index (κ2) is 9.34. The van der Waals surface area contributed by atoms with Gasteiger partial charge in [-0.2, -0.15) is 5.26 Å². The summed E-state index contributed by atoms with van der Waals surface area (Å²) in [6, 6.07) is 3.53. The first-order valence-electron chi connectivity index (χ1n) is 7.83. The molecule has 0 heterocycles. The van der Waals surface area contributed by atoms with E-state index >= 15 is 0 Å². The quantitative estimate of drug-likeness (QED) is 0.658. The van der Waals surface area contributed by atoms with Crippen LogP contribution in [0.5, 0.6) is 0 Å². The third-order valence-corrected chi connectivity index (χ3v) is 4.06. The lowest BCUT2D eigenvalue weighted by Gasteiger charge is -2.31. The summed E-state index contributed by atoms with van der Waals surface area (Å²) in [5, 5.41) is 12.9. The van der Waals surface area contributed by atoms with Crippen molar-refractivity contribution in [2.45, 2.75) is 84.3 Å². The zero-order valence-corrected chi connectivity index (χ0v) is 13.8. The molecule has 19 heavy (non-hydrogen) atoms. The van der Waals surface area contributed by atoms with Crippen molar-refractivity contribution < 1.29 is 0 Å². The molecule has 0 aromatic carbocycles. The fourth-order valence-corrected chi connectivity index (χ4v) is 2.80. The Labute approximate surface area is 120 Å². The standard InChI is InChI=1S/C16H33N3/c1-7-15(8-2)19(6)12-10-11-16(9-3,13-17)18-14(4)5/h14-15,18H,7-12H2,1-6H3. The monoisotopic (exact) mass is 267 g/mol. The molecule has 1 N–H and O–H groups in total. The second-order valence-electron chi connectivity index (χ2n) is 5.90. The zero-order valence-electron chi connectivity index (χ0n) is 13.8. The summed E-state index contributed by atoms with van der Waals surface area (Å²) in [6.45, 7) is 11.9. The molecule has 0 fully saturated rings. The van der Waals surface area contributed by atoms with Gasteiger partial charge in [0, 0.05) is 12.1 Å². The van der Waals surface area contributed by atoms with Crippen molar-refractivity contribution in [1.82, 2.24) is 10.2 Å². The highest BCUT2D eigenvalue weighted by atomic mass is 15.1. The minimum Gasteiger partial charge on any atom is -0.303 e. The SMILES string of the molecule is CCC(CC)N(C)CCCC(C#N)(CC)NC(C)C. The largest absolute Gasteiger partial charge is 0.303 e. The van der Waals surface area contributed by atoms with Crippen molar-refractivity contribution in [1.29, 1.82) is 5.26 Å². The molecule has 0 aromatic heterocycles. The van der Waals surface area contributed by atoms with Crippen molar-refractivity contribution in [3.05, 3.63) is 0 Å². The summed E-state index contributed by atoms with van der Waals surface area (Å²) in [5.41, 5.74) is -0.344. The molecule has 0 rings (SSSR count). The van der Waals surface area contributed by atoms with Gasteiger partial charge in [-0.3, -0.25) is 5.32 Å². The van der Waals surface area contributed by atoms with Gasteiger partial charge in [-0.05, 0) is 59.5 Å². The summed E-state index contributed by atoms with van der Waals surface area (Å²) >= 11 is 0. The number of rotatable bonds is 10. The van der Waals surface area contributed by atoms with Crippen LogP contribution in [0.1, 0.15) is 66.7 Å². The average molecular weight is 267 g/mol. The van der Waals surface area contributed by atoms with Crippen LogP contribution in [0.2, 0.25) is 0 Å². The van der Waals surface area contributed by atoms with Gasteiger partial charge in [-0.15, -0.1) is 0 Å². The van der Waals surface area contributed by atoms with E-state index in [1.165, 1.54) is 12.8 Å². The van der Waals surface area contributed by atoms with E-state index in [0.29, 0.717) is 12.1 Å². The van der Waals surface area contributed by atoms with Crippen molar-refractivity contribution in [2.75, 3.05) is 13.6 Å². The number of hydrogen-bond acceptors (Lipinski definition) is 3. The fraction of sp³-hybridized carbons (Fsp3) is 0.938. The Morgan fingerprint density at radius 1 is 1.21 bits per heavy atom. The molecule has 0 saturated carbocycles. The van der Waals surface area contributed by atoms with Crippen LogP contribution in [0, 0.1) is 11.3 Å². The lowest BCUT2D eigenvalue weighted by Crippen LogP contribution is -2.47. The molecule has 0 aliphatic rings. The van der Waals surface area contributed by atoms with Crippen LogP contribution in [0.15, 0.2) is 0 Å². The van der Waals surface area contributed by atoms with E-state index in [0.717, 1.165) is 25.8 Å². The van der Waals surface area contributed by atoms with Gasteiger partial charge in [0.2, 0.25) is 0 Å². The van der Waals surface area contributed by atoms with Gasteiger partial charge in [-0.1, -0.05) is 20.8 Å². The van der Waals surface area contributed by atoms with Crippen molar-refractivity contribution in [3.8, 4) is 6.07 Å². The van der Waals surface area contributed by atoms with Crippen LogP contribution in [0.25, 0.3) is 0 Å². The summed E-state index contributed by atoms with van der Waals surface area (Å²) in [4.78, 5) is 2.44.